The Hall–Kier alpha value is -2.71. The number of carbonyl (C=O) groups is 3. The molecule has 1 aromatic carbocycles. The number of rotatable bonds is 6. The predicted molar refractivity (Wildman–Crippen MR) is 100 cm³/mol. The Kier molecular flexibility index (Phi) is 6.04. The fourth-order valence-corrected chi connectivity index (χ4v) is 3.99. The molecule has 0 bridgehead atoms. The number of piperidine rings is 1. The highest BCUT2D eigenvalue weighted by molar-refractivity contribution is 6.09. The average molecular weight is 409 g/mol. The van der Waals surface area contributed by atoms with Crippen molar-refractivity contribution < 1.29 is 27.9 Å². The van der Waals surface area contributed by atoms with E-state index < -0.39 is 24.1 Å². The molecule has 0 radical (unpaired) electrons. The van der Waals surface area contributed by atoms with E-state index in [0.717, 1.165) is 30.6 Å². The molecule has 0 unspecified atom stereocenters. The standard InChI is InChI=1S/C20H25F2N3O4/c1-3-14-6-4-5-11-24(14)16(26)12-25-17(27)20(2,23-19(25)28)13-7-9-15(10-8-13)29-18(21)22/h7-10,14,18H,3-6,11-12H2,1-2H3,(H,23,28)/t14-,20-/m1/s1. The molecule has 2 aliphatic rings. The van der Waals surface area contributed by atoms with E-state index in [0.29, 0.717) is 12.1 Å². The molecule has 1 N–H and O–H groups in total. The van der Waals surface area contributed by atoms with Crippen molar-refractivity contribution >= 4 is 17.8 Å². The number of hydrogen-bond donors (Lipinski definition) is 1. The van der Waals surface area contributed by atoms with Crippen molar-refractivity contribution in [1.82, 2.24) is 15.1 Å². The first kappa shape index (κ1) is 21.0. The maximum Gasteiger partial charge on any atom is 0.387 e. The zero-order valence-electron chi connectivity index (χ0n) is 16.5. The summed E-state index contributed by atoms with van der Waals surface area (Å²) in [6.07, 6.45) is 3.73. The molecular weight excluding hydrogens is 384 g/mol. The number of urea groups is 1. The summed E-state index contributed by atoms with van der Waals surface area (Å²) in [4.78, 5) is 40.9. The lowest BCUT2D eigenvalue weighted by Gasteiger charge is -2.36. The van der Waals surface area contributed by atoms with Crippen LogP contribution in [0.5, 0.6) is 5.75 Å². The van der Waals surface area contributed by atoms with Crippen LogP contribution >= 0.6 is 0 Å². The Morgan fingerprint density at radius 1 is 1.28 bits per heavy atom. The number of nitrogens with one attached hydrogen (secondary N) is 1. The number of ether oxygens (including phenoxy) is 1. The number of imide groups is 1. The van der Waals surface area contributed by atoms with Crippen LogP contribution in [0.2, 0.25) is 0 Å². The molecule has 2 aliphatic heterocycles. The van der Waals surface area contributed by atoms with Crippen LogP contribution in [0.15, 0.2) is 24.3 Å². The van der Waals surface area contributed by atoms with E-state index in [1.165, 1.54) is 31.2 Å². The van der Waals surface area contributed by atoms with Crippen LogP contribution in [0.25, 0.3) is 0 Å². The average Bonchev–Trinajstić information content (AvgIpc) is 2.91. The van der Waals surface area contributed by atoms with Crippen molar-refractivity contribution in [1.29, 1.82) is 0 Å². The highest BCUT2D eigenvalue weighted by Crippen LogP contribution is 2.30. The summed E-state index contributed by atoms with van der Waals surface area (Å²) in [5, 5.41) is 2.62. The topological polar surface area (TPSA) is 79.0 Å². The molecule has 1 aromatic rings. The number of halogens is 2. The molecule has 2 fully saturated rings. The molecule has 0 aromatic heterocycles. The zero-order chi connectivity index (χ0) is 21.2. The molecule has 3 rings (SSSR count). The van der Waals surface area contributed by atoms with Crippen LogP contribution in [-0.4, -0.2) is 53.4 Å². The predicted octanol–water partition coefficient (Wildman–Crippen LogP) is 2.85. The van der Waals surface area contributed by atoms with Crippen LogP contribution in [0, 0.1) is 0 Å². The molecule has 4 amide bonds. The lowest BCUT2D eigenvalue weighted by Crippen LogP contribution is -2.49. The Labute approximate surface area is 168 Å². The van der Waals surface area contributed by atoms with Gasteiger partial charge in [-0.15, -0.1) is 0 Å². The van der Waals surface area contributed by atoms with Gasteiger partial charge in [-0.2, -0.15) is 8.78 Å². The van der Waals surface area contributed by atoms with Crippen molar-refractivity contribution in [3.05, 3.63) is 29.8 Å². The lowest BCUT2D eigenvalue weighted by molar-refractivity contribution is -0.141. The summed E-state index contributed by atoms with van der Waals surface area (Å²) >= 11 is 0. The number of benzene rings is 1. The molecule has 2 heterocycles. The molecule has 0 saturated carbocycles. The van der Waals surface area contributed by atoms with Gasteiger partial charge in [-0.3, -0.25) is 14.5 Å². The van der Waals surface area contributed by atoms with Gasteiger partial charge < -0.3 is 15.0 Å². The van der Waals surface area contributed by atoms with E-state index in [2.05, 4.69) is 10.1 Å². The van der Waals surface area contributed by atoms with Gasteiger partial charge >= 0.3 is 12.6 Å². The van der Waals surface area contributed by atoms with Gasteiger partial charge in [0, 0.05) is 12.6 Å². The van der Waals surface area contributed by atoms with Crippen LogP contribution in [-0.2, 0) is 15.1 Å². The Balaban J connectivity index is 1.74. The molecule has 29 heavy (non-hydrogen) atoms. The van der Waals surface area contributed by atoms with Crippen molar-refractivity contribution in [3.8, 4) is 5.75 Å². The third-order valence-electron chi connectivity index (χ3n) is 5.64. The molecule has 158 valence electrons. The van der Waals surface area contributed by atoms with Gasteiger partial charge in [-0.05, 0) is 50.3 Å². The first-order chi connectivity index (χ1) is 13.8. The minimum atomic E-state index is -2.95. The van der Waals surface area contributed by atoms with E-state index in [1.54, 1.807) is 4.90 Å². The summed E-state index contributed by atoms with van der Waals surface area (Å²) < 4.78 is 28.9. The lowest BCUT2D eigenvalue weighted by atomic mass is 9.92. The van der Waals surface area contributed by atoms with Crippen molar-refractivity contribution in [2.24, 2.45) is 0 Å². The molecule has 2 saturated heterocycles. The van der Waals surface area contributed by atoms with E-state index in [1.807, 2.05) is 6.92 Å². The van der Waals surface area contributed by atoms with Crippen LogP contribution in [0.3, 0.4) is 0 Å². The monoisotopic (exact) mass is 409 g/mol. The van der Waals surface area contributed by atoms with Gasteiger partial charge in [0.2, 0.25) is 5.91 Å². The second-order valence-electron chi connectivity index (χ2n) is 7.49. The SMILES string of the molecule is CC[C@@H]1CCCCN1C(=O)CN1C(=O)N[C@](C)(c2ccc(OC(F)F)cc2)C1=O. The van der Waals surface area contributed by atoms with Crippen LogP contribution in [0.1, 0.15) is 45.1 Å². The highest BCUT2D eigenvalue weighted by atomic mass is 19.3. The maximum atomic E-state index is 13.0. The number of alkyl halides is 2. The Morgan fingerprint density at radius 2 is 1.97 bits per heavy atom. The number of likely N-dealkylation sites (tertiary alicyclic amines) is 1. The zero-order valence-corrected chi connectivity index (χ0v) is 16.5. The number of carbonyl (C=O) groups excluding carboxylic acids is 3. The minimum Gasteiger partial charge on any atom is -0.435 e. The van der Waals surface area contributed by atoms with Gasteiger partial charge in [0.05, 0.1) is 0 Å². The normalized spacial score (nSPS) is 24.8. The first-order valence-electron chi connectivity index (χ1n) is 9.75. The quantitative estimate of drug-likeness (QED) is 0.733. The Morgan fingerprint density at radius 3 is 2.59 bits per heavy atom. The fourth-order valence-electron chi connectivity index (χ4n) is 3.99. The highest BCUT2D eigenvalue weighted by Gasteiger charge is 2.50. The van der Waals surface area contributed by atoms with Gasteiger partial charge in [-0.1, -0.05) is 19.1 Å². The van der Waals surface area contributed by atoms with Gasteiger partial charge in [0.25, 0.3) is 5.91 Å². The minimum absolute atomic E-state index is 0.0492. The number of amides is 4. The molecule has 0 aliphatic carbocycles. The third kappa shape index (κ3) is 4.18. The van der Waals surface area contributed by atoms with E-state index >= 15 is 0 Å². The summed E-state index contributed by atoms with van der Waals surface area (Å²) in [6, 6.07) is 4.98. The molecule has 0 spiro atoms. The third-order valence-corrected chi connectivity index (χ3v) is 5.64. The molecule has 2 atom stereocenters. The number of hydrogen-bond acceptors (Lipinski definition) is 4. The molecular formula is C20H25F2N3O4. The van der Waals surface area contributed by atoms with Crippen molar-refractivity contribution in [2.75, 3.05) is 13.1 Å². The molecule has 9 heteroatoms. The van der Waals surface area contributed by atoms with Crippen LogP contribution < -0.4 is 10.1 Å². The van der Waals surface area contributed by atoms with Gasteiger partial charge in [-0.25, -0.2) is 4.79 Å². The first-order valence-corrected chi connectivity index (χ1v) is 9.75. The largest absolute Gasteiger partial charge is 0.435 e. The van der Waals surface area contributed by atoms with E-state index in [9.17, 15) is 23.2 Å². The summed E-state index contributed by atoms with van der Waals surface area (Å²) in [5.74, 6) is -0.847. The summed E-state index contributed by atoms with van der Waals surface area (Å²) in [6.45, 7) is 0.902. The maximum absolute atomic E-state index is 13.0. The van der Waals surface area contributed by atoms with Crippen LogP contribution in [0.4, 0.5) is 13.6 Å². The number of nitrogens with zero attached hydrogens (tertiary/aromatic N) is 2. The summed E-state index contributed by atoms with van der Waals surface area (Å²) in [5.41, 5.74) is -0.968. The summed E-state index contributed by atoms with van der Waals surface area (Å²) in [7, 11) is 0. The van der Waals surface area contributed by atoms with Gasteiger partial charge in [0.15, 0.2) is 0 Å². The molecule has 7 nitrogen and oxygen atoms in total. The van der Waals surface area contributed by atoms with E-state index in [-0.39, 0.29) is 24.2 Å². The van der Waals surface area contributed by atoms with Gasteiger partial charge in [0.1, 0.15) is 17.8 Å². The second-order valence-corrected chi connectivity index (χ2v) is 7.49. The Bertz CT molecular complexity index is 786. The fraction of sp³-hybridized carbons (Fsp3) is 0.550. The van der Waals surface area contributed by atoms with Crippen molar-refractivity contribution in [3.63, 3.8) is 0 Å². The van der Waals surface area contributed by atoms with Crippen molar-refractivity contribution in [2.45, 2.75) is 57.7 Å². The smallest absolute Gasteiger partial charge is 0.387 e. The second kappa shape index (κ2) is 8.34. The van der Waals surface area contributed by atoms with E-state index in [4.69, 9.17) is 0 Å².